The number of hydrogen-bond donors (Lipinski definition) is 1. The standard InChI is InChI=1S/C20H20N4O2/c1-19(2,3)24-11-12(10-21)16-17(24)22-15(25)9-20(16)13-7-5-6-8-14(13)23(4)18(20)26/h5-8,11H,9H2,1-4H3,(H,22,25). The van der Waals surface area contributed by atoms with E-state index in [9.17, 15) is 14.9 Å². The third-order valence-corrected chi connectivity index (χ3v) is 5.35. The summed E-state index contributed by atoms with van der Waals surface area (Å²) in [5, 5.41) is 12.7. The number of benzene rings is 1. The van der Waals surface area contributed by atoms with Crippen molar-refractivity contribution in [2.75, 3.05) is 17.3 Å². The van der Waals surface area contributed by atoms with Crippen LogP contribution in [0.2, 0.25) is 0 Å². The van der Waals surface area contributed by atoms with Crippen molar-refractivity contribution in [2.24, 2.45) is 0 Å². The molecule has 1 atom stereocenters. The first-order valence-corrected chi connectivity index (χ1v) is 8.55. The second kappa shape index (κ2) is 4.98. The smallest absolute Gasteiger partial charge is 0.242 e. The molecule has 132 valence electrons. The summed E-state index contributed by atoms with van der Waals surface area (Å²) in [6.07, 6.45) is 1.75. The molecule has 1 spiro atoms. The molecule has 0 bridgehead atoms. The lowest BCUT2D eigenvalue weighted by molar-refractivity contribution is -0.126. The van der Waals surface area contributed by atoms with E-state index in [0.29, 0.717) is 16.9 Å². The summed E-state index contributed by atoms with van der Waals surface area (Å²) in [6, 6.07) is 9.74. The summed E-state index contributed by atoms with van der Waals surface area (Å²) < 4.78 is 1.88. The molecule has 0 fully saturated rings. The van der Waals surface area contributed by atoms with Crippen LogP contribution in [0, 0.1) is 11.3 Å². The quantitative estimate of drug-likeness (QED) is 0.795. The molecule has 1 N–H and O–H groups in total. The van der Waals surface area contributed by atoms with E-state index in [1.807, 2.05) is 49.6 Å². The van der Waals surface area contributed by atoms with Crippen LogP contribution in [0.5, 0.6) is 0 Å². The molecule has 1 aromatic heterocycles. The monoisotopic (exact) mass is 348 g/mol. The van der Waals surface area contributed by atoms with Crippen LogP contribution in [0.4, 0.5) is 11.5 Å². The first-order valence-electron chi connectivity index (χ1n) is 8.55. The van der Waals surface area contributed by atoms with Gasteiger partial charge in [-0.15, -0.1) is 0 Å². The van der Waals surface area contributed by atoms with Crippen LogP contribution in [0.3, 0.4) is 0 Å². The summed E-state index contributed by atoms with van der Waals surface area (Å²) >= 11 is 0. The van der Waals surface area contributed by atoms with Gasteiger partial charge >= 0.3 is 0 Å². The molecule has 1 aromatic carbocycles. The molecular weight excluding hydrogens is 328 g/mol. The van der Waals surface area contributed by atoms with Gasteiger partial charge in [-0.1, -0.05) is 18.2 Å². The number of carbonyl (C=O) groups excluding carboxylic acids is 2. The first kappa shape index (κ1) is 16.4. The Labute approximate surface area is 152 Å². The van der Waals surface area contributed by atoms with E-state index in [-0.39, 0.29) is 23.8 Å². The van der Waals surface area contributed by atoms with Crippen LogP contribution >= 0.6 is 0 Å². The number of nitrogens with one attached hydrogen (secondary N) is 1. The predicted molar refractivity (Wildman–Crippen MR) is 98.0 cm³/mol. The number of para-hydroxylation sites is 1. The molecule has 2 amide bonds. The highest BCUT2D eigenvalue weighted by atomic mass is 16.2. The molecule has 3 heterocycles. The Morgan fingerprint density at radius 2 is 1.92 bits per heavy atom. The van der Waals surface area contributed by atoms with E-state index in [4.69, 9.17) is 0 Å². The maximum absolute atomic E-state index is 13.4. The second-order valence-electron chi connectivity index (χ2n) is 7.93. The maximum atomic E-state index is 13.4. The zero-order valence-corrected chi connectivity index (χ0v) is 15.3. The molecule has 26 heavy (non-hydrogen) atoms. The second-order valence-corrected chi connectivity index (χ2v) is 7.93. The van der Waals surface area contributed by atoms with E-state index in [2.05, 4.69) is 11.4 Å². The molecule has 2 aliphatic heterocycles. The van der Waals surface area contributed by atoms with Crippen LogP contribution in [-0.2, 0) is 20.5 Å². The zero-order chi connectivity index (χ0) is 18.9. The SMILES string of the molecule is CN1C(=O)C2(CC(=O)Nc3c2c(C#N)cn3C(C)(C)C)c2ccccc21. The summed E-state index contributed by atoms with van der Waals surface area (Å²) in [5.74, 6) is 0.158. The number of aromatic nitrogens is 1. The fourth-order valence-corrected chi connectivity index (χ4v) is 4.23. The molecule has 2 aromatic rings. The molecule has 6 nitrogen and oxygen atoms in total. The van der Waals surface area contributed by atoms with Gasteiger partial charge in [0.15, 0.2) is 0 Å². The fourth-order valence-electron chi connectivity index (χ4n) is 4.23. The molecule has 4 rings (SSSR count). The summed E-state index contributed by atoms with van der Waals surface area (Å²) in [4.78, 5) is 27.6. The third kappa shape index (κ3) is 1.86. The van der Waals surface area contributed by atoms with Gasteiger partial charge in [-0.25, -0.2) is 0 Å². The normalized spacial score (nSPS) is 21.4. The lowest BCUT2D eigenvalue weighted by atomic mass is 9.70. The van der Waals surface area contributed by atoms with E-state index in [1.54, 1.807) is 18.1 Å². The van der Waals surface area contributed by atoms with Crippen molar-refractivity contribution in [1.82, 2.24) is 4.57 Å². The molecule has 0 saturated carbocycles. The molecule has 0 saturated heterocycles. The Morgan fingerprint density at radius 1 is 1.23 bits per heavy atom. The van der Waals surface area contributed by atoms with Crippen molar-refractivity contribution in [2.45, 2.75) is 38.1 Å². The van der Waals surface area contributed by atoms with Crippen molar-refractivity contribution >= 4 is 23.3 Å². The summed E-state index contributed by atoms with van der Waals surface area (Å²) in [6.45, 7) is 6.00. The molecule has 1 unspecified atom stereocenters. The van der Waals surface area contributed by atoms with E-state index in [0.717, 1.165) is 11.3 Å². The number of amides is 2. The van der Waals surface area contributed by atoms with Crippen molar-refractivity contribution in [1.29, 1.82) is 5.26 Å². The van der Waals surface area contributed by atoms with Gasteiger partial charge < -0.3 is 14.8 Å². The minimum absolute atomic E-state index is 0.00300. The Hall–Kier alpha value is -3.07. The number of rotatable bonds is 0. The maximum Gasteiger partial charge on any atom is 0.242 e. The number of nitrogens with zero attached hydrogens (tertiary/aromatic N) is 3. The largest absolute Gasteiger partial charge is 0.328 e. The van der Waals surface area contributed by atoms with Gasteiger partial charge in [-0.2, -0.15) is 5.26 Å². The van der Waals surface area contributed by atoms with E-state index in [1.165, 1.54) is 0 Å². The predicted octanol–water partition coefficient (Wildman–Crippen LogP) is 2.72. The average Bonchev–Trinajstić information content (AvgIpc) is 3.06. The van der Waals surface area contributed by atoms with Crippen LogP contribution in [0.25, 0.3) is 0 Å². The average molecular weight is 348 g/mol. The van der Waals surface area contributed by atoms with Gasteiger partial charge in [0.2, 0.25) is 11.8 Å². The topological polar surface area (TPSA) is 78.1 Å². The van der Waals surface area contributed by atoms with Gasteiger partial charge in [-0.3, -0.25) is 9.59 Å². The summed E-state index contributed by atoms with van der Waals surface area (Å²) in [5.41, 5.74) is 1.10. The lowest BCUT2D eigenvalue weighted by Crippen LogP contribution is -2.46. The lowest BCUT2D eigenvalue weighted by Gasteiger charge is -2.35. The van der Waals surface area contributed by atoms with Crippen LogP contribution in [0.1, 0.15) is 43.9 Å². The van der Waals surface area contributed by atoms with Crippen molar-refractivity contribution < 1.29 is 9.59 Å². The summed E-state index contributed by atoms with van der Waals surface area (Å²) in [7, 11) is 1.72. The Balaban J connectivity index is 2.13. The van der Waals surface area contributed by atoms with Crippen molar-refractivity contribution in [3.8, 4) is 6.07 Å². The van der Waals surface area contributed by atoms with Crippen LogP contribution in [0.15, 0.2) is 30.5 Å². The van der Waals surface area contributed by atoms with Gasteiger partial charge in [0, 0.05) is 36.5 Å². The Morgan fingerprint density at radius 3 is 2.58 bits per heavy atom. The van der Waals surface area contributed by atoms with Gasteiger partial charge in [0.1, 0.15) is 17.3 Å². The molecular formula is C20H20N4O2. The first-order chi connectivity index (χ1) is 12.2. The van der Waals surface area contributed by atoms with Crippen LogP contribution in [-0.4, -0.2) is 23.4 Å². The minimum Gasteiger partial charge on any atom is -0.328 e. The van der Waals surface area contributed by atoms with E-state index < -0.39 is 5.41 Å². The number of likely N-dealkylation sites (N-methyl/N-ethyl adjacent to an activating group) is 1. The number of fused-ring (bicyclic) bond motifs is 4. The van der Waals surface area contributed by atoms with Crippen molar-refractivity contribution in [3.05, 3.63) is 47.2 Å². The highest BCUT2D eigenvalue weighted by molar-refractivity contribution is 6.16. The fraction of sp³-hybridized carbons (Fsp3) is 0.350. The van der Waals surface area contributed by atoms with Crippen molar-refractivity contribution in [3.63, 3.8) is 0 Å². The molecule has 2 aliphatic rings. The van der Waals surface area contributed by atoms with Crippen LogP contribution < -0.4 is 10.2 Å². The number of anilines is 2. The Bertz CT molecular complexity index is 1010. The third-order valence-electron chi connectivity index (χ3n) is 5.35. The highest BCUT2D eigenvalue weighted by Gasteiger charge is 2.57. The number of hydrogen-bond acceptors (Lipinski definition) is 3. The Kier molecular flexibility index (Phi) is 3.14. The molecule has 6 heteroatoms. The molecule has 0 aliphatic carbocycles. The highest BCUT2D eigenvalue weighted by Crippen LogP contribution is 2.53. The zero-order valence-electron chi connectivity index (χ0n) is 15.3. The number of carbonyl (C=O) groups is 2. The number of nitriles is 1. The van der Waals surface area contributed by atoms with Gasteiger partial charge in [0.25, 0.3) is 0 Å². The van der Waals surface area contributed by atoms with Gasteiger partial charge in [-0.05, 0) is 32.4 Å². The van der Waals surface area contributed by atoms with Gasteiger partial charge in [0.05, 0.1) is 5.56 Å². The van der Waals surface area contributed by atoms with E-state index >= 15 is 0 Å². The minimum atomic E-state index is -1.15. The molecule has 0 radical (unpaired) electrons.